The summed E-state index contributed by atoms with van der Waals surface area (Å²) in [4.78, 5) is 11.5. The van der Waals surface area contributed by atoms with Gasteiger partial charge in [-0.1, -0.05) is 20.3 Å². The monoisotopic (exact) mass is 220 g/mol. The Morgan fingerprint density at radius 2 is 2.21 bits per heavy atom. The number of halogens is 1. The summed E-state index contributed by atoms with van der Waals surface area (Å²) >= 11 is 0. The fourth-order valence-electron chi connectivity index (χ4n) is 1.50. The lowest BCUT2D eigenvalue weighted by atomic mass is 10.0. The Morgan fingerprint density at radius 1 is 1.50 bits per heavy atom. The summed E-state index contributed by atoms with van der Waals surface area (Å²) in [6.07, 6.45) is 3.37. The van der Waals surface area contributed by atoms with Gasteiger partial charge < -0.3 is 10.6 Å². The van der Waals surface area contributed by atoms with E-state index in [0.29, 0.717) is 5.92 Å². The molecule has 1 rings (SSSR count). The quantitative estimate of drug-likeness (QED) is 0.754. The van der Waals surface area contributed by atoms with Crippen molar-refractivity contribution in [3.63, 3.8) is 0 Å². The van der Waals surface area contributed by atoms with Gasteiger partial charge in [0.2, 0.25) is 5.91 Å². The first-order chi connectivity index (χ1) is 6.20. The van der Waals surface area contributed by atoms with E-state index in [1.54, 1.807) is 0 Å². The summed E-state index contributed by atoms with van der Waals surface area (Å²) in [5.74, 6) is 0.709. The molecule has 0 saturated carbocycles. The molecular weight excluding hydrogens is 200 g/mol. The second kappa shape index (κ2) is 7.07. The van der Waals surface area contributed by atoms with E-state index < -0.39 is 0 Å². The van der Waals surface area contributed by atoms with Crippen molar-refractivity contribution in [1.29, 1.82) is 0 Å². The van der Waals surface area contributed by atoms with Crippen LogP contribution < -0.4 is 10.6 Å². The number of hydrogen-bond acceptors (Lipinski definition) is 2. The molecule has 1 fully saturated rings. The van der Waals surface area contributed by atoms with Crippen LogP contribution in [0.3, 0.4) is 0 Å². The van der Waals surface area contributed by atoms with Gasteiger partial charge in [0.15, 0.2) is 0 Å². The van der Waals surface area contributed by atoms with Crippen LogP contribution in [0.5, 0.6) is 0 Å². The Morgan fingerprint density at radius 3 is 2.71 bits per heavy atom. The maximum atomic E-state index is 11.5. The second-order valence-electron chi connectivity index (χ2n) is 4.14. The van der Waals surface area contributed by atoms with Gasteiger partial charge in [-0.3, -0.25) is 4.79 Å². The minimum atomic E-state index is 0. The molecule has 3 nitrogen and oxygen atoms in total. The maximum Gasteiger partial charge on any atom is 0.237 e. The van der Waals surface area contributed by atoms with Crippen molar-refractivity contribution < 1.29 is 4.79 Å². The Hall–Kier alpha value is -0.280. The summed E-state index contributed by atoms with van der Waals surface area (Å²) in [5.41, 5.74) is 0. The van der Waals surface area contributed by atoms with Gasteiger partial charge in [0.1, 0.15) is 0 Å². The molecule has 0 aromatic rings. The molecule has 1 saturated heterocycles. The molecule has 0 spiro atoms. The van der Waals surface area contributed by atoms with Gasteiger partial charge in [-0.2, -0.15) is 0 Å². The average Bonchev–Trinajstić information content (AvgIpc) is 2.15. The van der Waals surface area contributed by atoms with Gasteiger partial charge >= 0.3 is 0 Å². The highest BCUT2D eigenvalue weighted by molar-refractivity contribution is 5.85. The van der Waals surface area contributed by atoms with Crippen molar-refractivity contribution in [3.05, 3.63) is 0 Å². The molecule has 84 valence electrons. The zero-order chi connectivity index (χ0) is 9.68. The third kappa shape index (κ3) is 4.82. The third-order valence-electron chi connectivity index (χ3n) is 2.31. The number of nitrogens with one attached hydrogen (secondary N) is 2. The molecule has 1 aliphatic heterocycles. The minimum absolute atomic E-state index is 0. The number of carbonyl (C=O) groups is 1. The predicted molar refractivity (Wildman–Crippen MR) is 60.7 cm³/mol. The summed E-state index contributed by atoms with van der Waals surface area (Å²) in [5, 5.41) is 6.18. The van der Waals surface area contributed by atoms with E-state index in [4.69, 9.17) is 0 Å². The zero-order valence-corrected chi connectivity index (χ0v) is 9.82. The van der Waals surface area contributed by atoms with E-state index in [-0.39, 0.29) is 24.4 Å². The van der Waals surface area contributed by atoms with Gasteiger partial charge in [-0.05, 0) is 25.3 Å². The fourth-order valence-corrected chi connectivity index (χ4v) is 1.50. The highest BCUT2D eigenvalue weighted by Crippen LogP contribution is 2.06. The average molecular weight is 221 g/mol. The Bertz CT molecular complexity index is 168. The lowest BCUT2D eigenvalue weighted by Gasteiger charge is -2.22. The molecule has 1 unspecified atom stereocenters. The summed E-state index contributed by atoms with van der Waals surface area (Å²) in [6, 6.07) is 0.0625. The first-order valence-electron chi connectivity index (χ1n) is 5.21. The Kier molecular flexibility index (Phi) is 6.93. The fraction of sp³-hybridized carbons (Fsp3) is 0.900. The van der Waals surface area contributed by atoms with Crippen molar-refractivity contribution in [2.45, 2.75) is 39.2 Å². The molecule has 0 bridgehead atoms. The SMILES string of the molecule is CC(C)CNC(=O)C1CCCCN1.Cl. The summed E-state index contributed by atoms with van der Waals surface area (Å²) in [6.45, 7) is 5.99. The molecule has 0 aromatic carbocycles. The zero-order valence-electron chi connectivity index (χ0n) is 9.01. The number of amides is 1. The molecule has 14 heavy (non-hydrogen) atoms. The number of piperidine rings is 1. The predicted octanol–water partition coefficient (Wildman–Crippen LogP) is 1.32. The maximum absolute atomic E-state index is 11.5. The summed E-state index contributed by atoms with van der Waals surface area (Å²) < 4.78 is 0. The van der Waals surface area contributed by atoms with E-state index in [1.807, 2.05) is 0 Å². The van der Waals surface area contributed by atoms with Gasteiger partial charge in [-0.15, -0.1) is 12.4 Å². The minimum Gasteiger partial charge on any atom is -0.354 e. The lowest BCUT2D eigenvalue weighted by molar-refractivity contribution is -0.123. The highest BCUT2D eigenvalue weighted by atomic mass is 35.5. The molecule has 1 atom stereocenters. The molecular formula is C10H21ClN2O. The van der Waals surface area contributed by atoms with Gasteiger partial charge in [0.05, 0.1) is 6.04 Å². The molecule has 1 aliphatic rings. The van der Waals surface area contributed by atoms with Gasteiger partial charge in [0.25, 0.3) is 0 Å². The molecule has 2 N–H and O–H groups in total. The Balaban J connectivity index is 0.00000169. The standard InChI is InChI=1S/C10H20N2O.ClH/c1-8(2)7-12-10(13)9-5-3-4-6-11-9;/h8-9,11H,3-7H2,1-2H3,(H,12,13);1H. The van der Waals surface area contributed by atoms with E-state index in [2.05, 4.69) is 24.5 Å². The lowest BCUT2D eigenvalue weighted by Crippen LogP contribution is -2.47. The second-order valence-corrected chi connectivity index (χ2v) is 4.14. The van der Waals surface area contributed by atoms with Crippen LogP contribution in [0.2, 0.25) is 0 Å². The van der Waals surface area contributed by atoms with Gasteiger partial charge in [0, 0.05) is 6.54 Å². The normalized spacial score (nSPS) is 21.5. The van der Waals surface area contributed by atoms with Crippen LogP contribution >= 0.6 is 12.4 Å². The van der Waals surface area contributed by atoms with Crippen molar-refractivity contribution >= 4 is 18.3 Å². The smallest absolute Gasteiger partial charge is 0.237 e. The molecule has 1 amide bonds. The van der Waals surface area contributed by atoms with E-state index in [9.17, 15) is 4.79 Å². The van der Waals surface area contributed by atoms with Crippen LogP contribution in [0.1, 0.15) is 33.1 Å². The van der Waals surface area contributed by atoms with Crippen LogP contribution in [0, 0.1) is 5.92 Å². The van der Waals surface area contributed by atoms with Crippen molar-refractivity contribution in [1.82, 2.24) is 10.6 Å². The van der Waals surface area contributed by atoms with Crippen LogP contribution in [0.25, 0.3) is 0 Å². The summed E-state index contributed by atoms with van der Waals surface area (Å²) in [7, 11) is 0. The highest BCUT2D eigenvalue weighted by Gasteiger charge is 2.19. The van der Waals surface area contributed by atoms with E-state index >= 15 is 0 Å². The number of carbonyl (C=O) groups excluding carboxylic acids is 1. The van der Waals surface area contributed by atoms with Crippen molar-refractivity contribution in [2.24, 2.45) is 5.92 Å². The molecule has 0 aliphatic carbocycles. The van der Waals surface area contributed by atoms with E-state index in [1.165, 1.54) is 12.8 Å². The van der Waals surface area contributed by atoms with Gasteiger partial charge in [-0.25, -0.2) is 0 Å². The molecule has 0 radical (unpaired) electrons. The number of rotatable bonds is 3. The van der Waals surface area contributed by atoms with E-state index in [0.717, 1.165) is 19.5 Å². The first-order valence-corrected chi connectivity index (χ1v) is 5.21. The molecule has 4 heteroatoms. The molecule has 1 heterocycles. The molecule has 0 aromatic heterocycles. The largest absolute Gasteiger partial charge is 0.354 e. The van der Waals surface area contributed by atoms with Crippen molar-refractivity contribution in [2.75, 3.05) is 13.1 Å². The van der Waals surface area contributed by atoms with Crippen LogP contribution in [-0.2, 0) is 4.79 Å². The van der Waals surface area contributed by atoms with Crippen LogP contribution in [0.15, 0.2) is 0 Å². The first kappa shape index (κ1) is 13.7. The Labute approximate surface area is 92.4 Å². The van der Waals surface area contributed by atoms with Crippen molar-refractivity contribution in [3.8, 4) is 0 Å². The van der Waals surface area contributed by atoms with Crippen LogP contribution in [-0.4, -0.2) is 25.0 Å². The third-order valence-corrected chi connectivity index (χ3v) is 2.31. The topological polar surface area (TPSA) is 41.1 Å². The number of hydrogen-bond donors (Lipinski definition) is 2. The van der Waals surface area contributed by atoms with Crippen LogP contribution in [0.4, 0.5) is 0 Å².